The third-order valence-corrected chi connectivity index (χ3v) is 7.84. The van der Waals surface area contributed by atoms with Gasteiger partial charge in [-0.2, -0.15) is 8.78 Å². The first-order valence-electron chi connectivity index (χ1n) is 12.9. The van der Waals surface area contributed by atoms with Crippen molar-refractivity contribution in [2.75, 3.05) is 13.2 Å². The van der Waals surface area contributed by atoms with Crippen LogP contribution in [0.15, 0.2) is 36.4 Å². The van der Waals surface area contributed by atoms with Gasteiger partial charge in [0.1, 0.15) is 11.5 Å². The van der Waals surface area contributed by atoms with Gasteiger partial charge in [-0.1, -0.05) is 12.2 Å². The van der Waals surface area contributed by atoms with E-state index in [2.05, 4.69) is 10.8 Å². The molecule has 0 bridgehead atoms. The molecule has 3 fully saturated rings. The van der Waals surface area contributed by atoms with Crippen LogP contribution in [0.3, 0.4) is 0 Å². The van der Waals surface area contributed by atoms with Crippen molar-refractivity contribution in [2.45, 2.75) is 77.1 Å². The zero-order valence-electron chi connectivity index (χ0n) is 20.5. The topological polar surface area (TPSA) is 36.9 Å². The summed E-state index contributed by atoms with van der Waals surface area (Å²) in [6.07, 6.45) is 2.21. The Labute approximate surface area is 209 Å². The van der Waals surface area contributed by atoms with Crippen molar-refractivity contribution >= 4 is 0 Å². The summed E-state index contributed by atoms with van der Waals surface area (Å²) >= 11 is 0. The van der Waals surface area contributed by atoms with Crippen LogP contribution in [-0.4, -0.2) is 32.0 Å². The van der Waals surface area contributed by atoms with E-state index in [4.69, 9.17) is 14.2 Å². The summed E-state index contributed by atoms with van der Waals surface area (Å²) in [5.74, 6) is 0.121. The van der Waals surface area contributed by atoms with Gasteiger partial charge >= 0.3 is 12.5 Å². The average Bonchev–Trinajstić information content (AvgIpc) is 2.85. The molecule has 0 N–H and O–H groups in total. The summed E-state index contributed by atoms with van der Waals surface area (Å²) in [5, 5.41) is 0. The fourth-order valence-electron chi connectivity index (χ4n) is 5.95. The Kier molecular flexibility index (Phi) is 8.81. The van der Waals surface area contributed by atoms with Crippen LogP contribution in [-0.2, 0) is 9.47 Å². The number of ether oxygens (including phenoxy) is 4. The van der Waals surface area contributed by atoms with E-state index in [1.807, 2.05) is 13.0 Å². The first-order valence-corrected chi connectivity index (χ1v) is 12.9. The van der Waals surface area contributed by atoms with E-state index in [0.29, 0.717) is 49.7 Å². The smallest absolute Gasteiger partial charge is 0.432 e. The zero-order chi connectivity index (χ0) is 25.8. The molecule has 0 aromatic heterocycles. The van der Waals surface area contributed by atoms with Gasteiger partial charge in [-0.15, -0.1) is 13.2 Å². The minimum atomic E-state index is -4.84. The maximum atomic E-state index is 14.8. The van der Waals surface area contributed by atoms with Crippen LogP contribution in [0.1, 0.15) is 58.3 Å². The predicted octanol–water partition coefficient (Wildman–Crippen LogP) is 7.73. The van der Waals surface area contributed by atoms with Crippen LogP contribution in [0.5, 0.6) is 11.5 Å². The number of hydrogen-bond donors (Lipinski definition) is 0. The van der Waals surface area contributed by atoms with Crippen molar-refractivity contribution in [2.24, 2.45) is 29.6 Å². The summed E-state index contributed by atoms with van der Waals surface area (Å²) in [6.45, 7) is 3.38. The summed E-state index contributed by atoms with van der Waals surface area (Å²) in [7, 11) is 0. The van der Waals surface area contributed by atoms with Crippen LogP contribution in [0.4, 0.5) is 22.0 Å². The first kappa shape index (κ1) is 27.2. The lowest BCUT2D eigenvalue weighted by Crippen LogP contribution is -2.40. The molecule has 9 heteroatoms. The maximum Gasteiger partial charge on any atom is 0.573 e. The molecule has 0 amide bonds. The van der Waals surface area contributed by atoms with Crippen molar-refractivity contribution in [3.05, 3.63) is 36.4 Å². The molecule has 3 aliphatic rings. The quantitative estimate of drug-likeness (QED) is 0.273. The van der Waals surface area contributed by atoms with Gasteiger partial charge in [0.05, 0.1) is 19.1 Å². The predicted molar refractivity (Wildman–Crippen MR) is 124 cm³/mol. The Morgan fingerprint density at radius 2 is 1.19 bits per heavy atom. The number of halogens is 5. The molecular weight excluding hydrogens is 483 g/mol. The van der Waals surface area contributed by atoms with Gasteiger partial charge in [0, 0.05) is 11.8 Å². The van der Waals surface area contributed by atoms with Crippen molar-refractivity contribution < 1.29 is 40.9 Å². The highest BCUT2D eigenvalue weighted by Gasteiger charge is 2.45. The largest absolute Gasteiger partial charge is 0.573 e. The van der Waals surface area contributed by atoms with E-state index >= 15 is 0 Å². The van der Waals surface area contributed by atoms with Crippen molar-refractivity contribution in [1.82, 2.24) is 0 Å². The van der Waals surface area contributed by atoms with E-state index in [1.54, 1.807) is 0 Å². The van der Waals surface area contributed by atoms with Crippen molar-refractivity contribution in [3.8, 4) is 11.5 Å². The number of hydrogen-bond acceptors (Lipinski definition) is 4. The summed E-state index contributed by atoms with van der Waals surface area (Å²) in [4.78, 5) is 0. The minimum absolute atomic E-state index is 0.131. The maximum absolute atomic E-state index is 14.8. The van der Waals surface area contributed by atoms with E-state index in [-0.39, 0.29) is 12.0 Å². The molecule has 4 rings (SSSR count). The fraction of sp³-hybridized carbons (Fsp3) is 0.704. The molecule has 2 saturated carbocycles. The lowest BCUT2D eigenvalue weighted by atomic mass is 9.69. The standard InChI is InChI=1S/C27H35F5O4/c1-2-3-18-16-33-25(34-17-18)21-6-4-19(5-7-21)20-8-10-22(11-9-20)26(28,29)35-23-12-14-24(15-13-23)36-27(30,31)32/h2-3,12-15,18-22,25H,4-11,16-17H2,1H3/b3-2+. The number of alkyl halides is 5. The second-order valence-electron chi connectivity index (χ2n) is 10.3. The molecule has 1 aromatic rings. The molecule has 2 aliphatic carbocycles. The van der Waals surface area contributed by atoms with Gasteiger partial charge < -0.3 is 18.9 Å². The Balaban J connectivity index is 1.20. The Bertz CT molecular complexity index is 833. The molecule has 1 aromatic carbocycles. The zero-order valence-corrected chi connectivity index (χ0v) is 20.5. The molecule has 4 nitrogen and oxygen atoms in total. The van der Waals surface area contributed by atoms with Gasteiger partial charge in [0.25, 0.3) is 0 Å². The SMILES string of the molecule is C/C=C/C1COC(C2CCC(C3CCC(C(F)(F)Oc4ccc(OC(F)(F)F)cc4)CC3)CC2)OC1. The minimum Gasteiger partial charge on any atom is -0.432 e. The fourth-order valence-corrected chi connectivity index (χ4v) is 5.95. The molecular formula is C27H35F5O4. The van der Waals surface area contributed by atoms with E-state index < -0.39 is 24.1 Å². The van der Waals surface area contributed by atoms with Crippen LogP contribution >= 0.6 is 0 Å². The highest BCUT2D eigenvalue weighted by Crippen LogP contribution is 2.46. The number of rotatable bonds is 7. The highest BCUT2D eigenvalue weighted by atomic mass is 19.4. The molecule has 0 unspecified atom stereocenters. The Hall–Kier alpha value is -1.87. The van der Waals surface area contributed by atoms with Gasteiger partial charge in [0.2, 0.25) is 0 Å². The van der Waals surface area contributed by atoms with E-state index in [1.165, 1.54) is 0 Å². The molecule has 36 heavy (non-hydrogen) atoms. The molecule has 1 aliphatic heterocycles. The lowest BCUT2D eigenvalue weighted by molar-refractivity contribution is -0.274. The van der Waals surface area contributed by atoms with Gasteiger partial charge in [-0.25, -0.2) is 0 Å². The van der Waals surface area contributed by atoms with Gasteiger partial charge in [-0.05, 0) is 94.4 Å². The molecule has 1 saturated heterocycles. The highest BCUT2D eigenvalue weighted by molar-refractivity contribution is 5.31. The summed E-state index contributed by atoms with van der Waals surface area (Å²) in [5.41, 5.74) is 0. The molecule has 0 spiro atoms. The summed E-state index contributed by atoms with van der Waals surface area (Å²) < 4.78 is 87.0. The monoisotopic (exact) mass is 518 g/mol. The number of allylic oxidation sites excluding steroid dienone is 1. The van der Waals surface area contributed by atoms with Crippen molar-refractivity contribution in [1.29, 1.82) is 0 Å². The Morgan fingerprint density at radius 3 is 1.69 bits per heavy atom. The normalized spacial score (nSPS) is 32.4. The average molecular weight is 519 g/mol. The van der Waals surface area contributed by atoms with Crippen molar-refractivity contribution in [3.63, 3.8) is 0 Å². The van der Waals surface area contributed by atoms with Crippen LogP contribution in [0.2, 0.25) is 0 Å². The number of benzene rings is 1. The Morgan fingerprint density at radius 1 is 0.722 bits per heavy atom. The molecule has 1 heterocycles. The van der Waals surface area contributed by atoms with Crippen LogP contribution in [0.25, 0.3) is 0 Å². The lowest BCUT2D eigenvalue weighted by Gasteiger charge is -2.41. The third-order valence-electron chi connectivity index (χ3n) is 7.84. The second kappa shape index (κ2) is 11.7. The van der Waals surface area contributed by atoms with Crippen LogP contribution < -0.4 is 9.47 Å². The van der Waals surface area contributed by atoms with Gasteiger partial charge in [0.15, 0.2) is 6.29 Å². The summed E-state index contributed by atoms with van der Waals surface area (Å²) in [6, 6.07) is 4.07. The van der Waals surface area contributed by atoms with Gasteiger partial charge in [-0.3, -0.25) is 0 Å². The first-order chi connectivity index (χ1) is 17.1. The third kappa shape index (κ3) is 7.34. The molecule has 0 atom stereocenters. The van der Waals surface area contributed by atoms with E-state index in [0.717, 1.165) is 62.8 Å². The van der Waals surface area contributed by atoms with Crippen LogP contribution in [0, 0.1) is 29.6 Å². The second-order valence-corrected chi connectivity index (χ2v) is 10.3. The molecule has 202 valence electrons. The molecule has 0 radical (unpaired) electrons. The van der Waals surface area contributed by atoms with E-state index in [9.17, 15) is 22.0 Å².